The lowest BCUT2D eigenvalue weighted by Crippen LogP contribution is -1.87. The van der Waals surface area contributed by atoms with E-state index >= 15 is 0 Å². The zero-order chi connectivity index (χ0) is 7.40. The van der Waals surface area contributed by atoms with Crippen molar-refractivity contribution in [1.82, 2.24) is 4.98 Å². The normalized spacial score (nSPS) is 9.80. The Balaban J connectivity index is 2.87. The predicted molar refractivity (Wildman–Crippen MR) is 42.8 cm³/mol. The number of aliphatic hydroxyl groups excluding tert-OH is 1. The van der Waals surface area contributed by atoms with Crippen molar-refractivity contribution >= 4 is 15.9 Å². The van der Waals surface area contributed by atoms with E-state index in [2.05, 4.69) is 20.9 Å². The molecule has 3 heteroatoms. The Hall–Kier alpha value is -0.410. The molecule has 0 atom stereocenters. The van der Waals surface area contributed by atoms with Crippen LogP contribution in [0, 0.1) is 0 Å². The maximum atomic E-state index is 8.70. The lowest BCUT2D eigenvalue weighted by Gasteiger charge is -1.96. The first-order chi connectivity index (χ1) is 4.86. The van der Waals surface area contributed by atoms with Gasteiger partial charge < -0.3 is 5.11 Å². The molecule has 1 rings (SSSR count). The van der Waals surface area contributed by atoms with Gasteiger partial charge >= 0.3 is 0 Å². The minimum Gasteiger partial charge on any atom is -0.392 e. The standard InChI is InChI=1S/C7H8BrNO/c8-2-6-1-7(5-10)4-9-3-6/h1,3-4,10H,2,5H2. The molecule has 0 bridgehead atoms. The Morgan fingerprint density at radius 1 is 1.40 bits per heavy atom. The molecule has 10 heavy (non-hydrogen) atoms. The van der Waals surface area contributed by atoms with Gasteiger partial charge in [0.15, 0.2) is 0 Å². The van der Waals surface area contributed by atoms with Crippen molar-refractivity contribution in [3.8, 4) is 0 Å². The van der Waals surface area contributed by atoms with Gasteiger partial charge in [-0.25, -0.2) is 0 Å². The van der Waals surface area contributed by atoms with E-state index in [9.17, 15) is 0 Å². The van der Waals surface area contributed by atoms with Gasteiger partial charge in [0.2, 0.25) is 0 Å². The van der Waals surface area contributed by atoms with Crippen LogP contribution in [0.3, 0.4) is 0 Å². The molecule has 0 aliphatic carbocycles. The number of pyridine rings is 1. The van der Waals surface area contributed by atoms with E-state index in [1.54, 1.807) is 12.4 Å². The van der Waals surface area contributed by atoms with Crippen LogP contribution < -0.4 is 0 Å². The van der Waals surface area contributed by atoms with Gasteiger partial charge in [0.1, 0.15) is 0 Å². The molecule has 1 heterocycles. The topological polar surface area (TPSA) is 33.1 Å². The van der Waals surface area contributed by atoms with Gasteiger partial charge in [-0.15, -0.1) is 0 Å². The molecule has 0 radical (unpaired) electrons. The van der Waals surface area contributed by atoms with Crippen molar-refractivity contribution in [1.29, 1.82) is 0 Å². The summed E-state index contributed by atoms with van der Waals surface area (Å²) in [6.07, 6.45) is 3.43. The maximum absolute atomic E-state index is 8.70. The van der Waals surface area contributed by atoms with Crippen LogP contribution in [0.4, 0.5) is 0 Å². The molecule has 0 saturated carbocycles. The van der Waals surface area contributed by atoms with Crippen molar-refractivity contribution in [3.05, 3.63) is 29.6 Å². The first kappa shape index (κ1) is 7.69. The van der Waals surface area contributed by atoms with Crippen molar-refractivity contribution in [2.24, 2.45) is 0 Å². The van der Waals surface area contributed by atoms with Gasteiger partial charge in [-0.3, -0.25) is 4.98 Å². The third-order valence-corrected chi connectivity index (χ3v) is 1.84. The summed E-state index contributed by atoms with van der Waals surface area (Å²) < 4.78 is 0. The summed E-state index contributed by atoms with van der Waals surface area (Å²) in [4.78, 5) is 3.94. The fourth-order valence-electron chi connectivity index (χ4n) is 0.701. The highest BCUT2D eigenvalue weighted by molar-refractivity contribution is 9.08. The highest BCUT2D eigenvalue weighted by Crippen LogP contribution is 2.05. The number of alkyl halides is 1. The third kappa shape index (κ3) is 1.78. The molecular weight excluding hydrogens is 194 g/mol. The third-order valence-electron chi connectivity index (χ3n) is 1.19. The molecule has 0 saturated heterocycles. The number of aromatic nitrogens is 1. The minimum absolute atomic E-state index is 0.0633. The van der Waals surface area contributed by atoms with Crippen LogP contribution in [0.5, 0.6) is 0 Å². The van der Waals surface area contributed by atoms with Crippen LogP contribution in [0.15, 0.2) is 18.5 Å². The number of nitrogens with zero attached hydrogens (tertiary/aromatic N) is 1. The van der Waals surface area contributed by atoms with Gasteiger partial charge in [0.25, 0.3) is 0 Å². The van der Waals surface area contributed by atoms with E-state index in [0.717, 1.165) is 16.5 Å². The van der Waals surface area contributed by atoms with E-state index in [1.165, 1.54) is 0 Å². The second kappa shape index (κ2) is 3.68. The van der Waals surface area contributed by atoms with Gasteiger partial charge in [-0.1, -0.05) is 15.9 Å². The van der Waals surface area contributed by atoms with E-state index in [0.29, 0.717) is 0 Å². The Bertz CT molecular complexity index is 195. The number of aliphatic hydroxyl groups is 1. The smallest absolute Gasteiger partial charge is 0.0696 e. The largest absolute Gasteiger partial charge is 0.392 e. The van der Waals surface area contributed by atoms with Crippen LogP contribution in [0.1, 0.15) is 11.1 Å². The summed E-state index contributed by atoms with van der Waals surface area (Å²) in [5.74, 6) is 0. The molecule has 0 aliphatic rings. The second-order valence-corrected chi connectivity index (χ2v) is 2.55. The van der Waals surface area contributed by atoms with Crippen molar-refractivity contribution in [2.75, 3.05) is 0 Å². The Morgan fingerprint density at radius 2 is 2.10 bits per heavy atom. The van der Waals surface area contributed by atoms with Crippen molar-refractivity contribution < 1.29 is 5.11 Å². The molecule has 0 fully saturated rings. The molecule has 0 spiro atoms. The molecule has 1 N–H and O–H groups in total. The highest BCUT2D eigenvalue weighted by Gasteiger charge is 1.92. The predicted octanol–water partition coefficient (Wildman–Crippen LogP) is 1.47. The summed E-state index contributed by atoms with van der Waals surface area (Å²) in [5, 5.41) is 9.49. The fourth-order valence-corrected chi connectivity index (χ4v) is 1.01. The SMILES string of the molecule is OCc1cncc(CBr)c1. The first-order valence-electron chi connectivity index (χ1n) is 2.96. The Morgan fingerprint density at radius 3 is 2.70 bits per heavy atom. The molecule has 54 valence electrons. The first-order valence-corrected chi connectivity index (χ1v) is 4.08. The van der Waals surface area contributed by atoms with Crippen LogP contribution in [-0.4, -0.2) is 10.1 Å². The number of halogens is 1. The lowest BCUT2D eigenvalue weighted by atomic mass is 10.2. The fraction of sp³-hybridized carbons (Fsp3) is 0.286. The highest BCUT2D eigenvalue weighted by atomic mass is 79.9. The molecule has 0 aliphatic heterocycles. The van der Waals surface area contributed by atoms with Gasteiger partial charge in [-0.05, 0) is 17.2 Å². The van der Waals surface area contributed by atoms with Crippen LogP contribution in [0.25, 0.3) is 0 Å². The van der Waals surface area contributed by atoms with E-state index in [-0.39, 0.29) is 6.61 Å². The Labute approximate surface area is 68.0 Å². The van der Waals surface area contributed by atoms with E-state index in [4.69, 9.17) is 5.11 Å². The quantitative estimate of drug-likeness (QED) is 0.736. The molecule has 0 unspecified atom stereocenters. The van der Waals surface area contributed by atoms with Gasteiger partial charge in [0.05, 0.1) is 6.61 Å². The van der Waals surface area contributed by atoms with Crippen LogP contribution in [-0.2, 0) is 11.9 Å². The van der Waals surface area contributed by atoms with E-state index < -0.39 is 0 Å². The molecule has 0 amide bonds. The average molecular weight is 202 g/mol. The van der Waals surface area contributed by atoms with Crippen molar-refractivity contribution in [2.45, 2.75) is 11.9 Å². The summed E-state index contributed by atoms with van der Waals surface area (Å²) >= 11 is 3.30. The monoisotopic (exact) mass is 201 g/mol. The van der Waals surface area contributed by atoms with Gasteiger partial charge in [0, 0.05) is 17.7 Å². The summed E-state index contributed by atoms with van der Waals surface area (Å²) in [6, 6.07) is 1.92. The summed E-state index contributed by atoms with van der Waals surface area (Å²) in [7, 11) is 0. The van der Waals surface area contributed by atoms with Crippen LogP contribution in [0.2, 0.25) is 0 Å². The number of hydrogen-bond donors (Lipinski definition) is 1. The molecular formula is C7H8BrNO. The molecule has 0 aromatic carbocycles. The zero-order valence-corrected chi connectivity index (χ0v) is 7.00. The summed E-state index contributed by atoms with van der Waals surface area (Å²) in [6.45, 7) is 0.0633. The lowest BCUT2D eigenvalue weighted by molar-refractivity contribution is 0.281. The van der Waals surface area contributed by atoms with E-state index in [1.807, 2.05) is 6.07 Å². The summed E-state index contributed by atoms with van der Waals surface area (Å²) in [5.41, 5.74) is 1.95. The average Bonchev–Trinajstić information content (AvgIpc) is 2.05. The zero-order valence-electron chi connectivity index (χ0n) is 5.42. The van der Waals surface area contributed by atoms with Crippen LogP contribution >= 0.6 is 15.9 Å². The molecule has 1 aromatic heterocycles. The maximum Gasteiger partial charge on any atom is 0.0696 e. The second-order valence-electron chi connectivity index (χ2n) is 1.99. The molecule has 2 nitrogen and oxygen atoms in total. The number of rotatable bonds is 2. The number of hydrogen-bond acceptors (Lipinski definition) is 2. The van der Waals surface area contributed by atoms with Gasteiger partial charge in [-0.2, -0.15) is 0 Å². The minimum atomic E-state index is 0.0633. The Kier molecular flexibility index (Phi) is 2.83. The molecule has 1 aromatic rings. The van der Waals surface area contributed by atoms with Crippen molar-refractivity contribution in [3.63, 3.8) is 0 Å².